The minimum absolute atomic E-state index is 0.0499. The van der Waals surface area contributed by atoms with E-state index in [1.54, 1.807) is 7.11 Å². The number of piperidine rings is 2. The number of methoxy groups -OCH3 is 1. The van der Waals surface area contributed by atoms with E-state index in [4.69, 9.17) is 4.74 Å². The summed E-state index contributed by atoms with van der Waals surface area (Å²) in [6.07, 6.45) is 3.28. The van der Waals surface area contributed by atoms with Crippen LogP contribution in [0.5, 0.6) is 5.75 Å². The molecule has 5 rings (SSSR count). The topological polar surface area (TPSA) is 66.8 Å². The third-order valence-corrected chi connectivity index (χ3v) is 7.63. The predicted octanol–water partition coefficient (Wildman–Crippen LogP) is 5.09. The molecule has 0 bridgehead atoms. The molecule has 4 atom stereocenters. The van der Waals surface area contributed by atoms with E-state index in [9.17, 15) is 14.7 Å². The highest BCUT2D eigenvalue weighted by Crippen LogP contribution is 2.49. The number of fused-ring (bicyclic) bond motifs is 1. The first-order chi connectivity index (χ1) is 17.0. The molecule has 5 heteroatoms. The van der Waals surface area contributed by atoms with E-state index in [0.717, 1.165) is 30.4 Å². The van der Waals surface area contributed by atoms with Gasteiger partial charge in [0.05, 0.1) is 13.0 Å². The lowest BCUT2D eigenvalue weighted by Gasteiger charge is -2.53. The molecule has 180 valence electrons. The number of hydrogen-bond acceptors (Lipinski definition) is 4. The van der Waals surface area contributed by atoms with Crippen molar-refractivity contribution < 1.29 is 19.4 Å². The zero-order chi connectivity index (χ0) is 24.4. The second kappa shape index (κ2) is 9.67. The van der Waals surface area contributed by atoms with E-state index in [-0.39, 0.29) is 23.8 Å². The van der Waals surface area contributed by atoms with Crippen LogP contribution in [0.2, 0.25) is 0 Å². The van der Waals surface area contributed by atoms with Crippen molar-refractivity contribution in [3.8, 4) is 5.75 Å². The van der Waals surface area contributed by atoms with Crippen molar-refractivity contribution in [3.63, 3.8) is 0 Å². The highest BCUT2D eigenvalue weighted by atomic mass is 16.5. The highest BCUT2D eigenvalue weighted by molar-refractivity contribution is 5.97. The number of amides is 1. The quantitative estimate of drug-likeness (QED) is 0.511. The van der Waals surface area contributed by atoms with Gasteiger partial charge < -0.3 is 14.7 Å². The summed E-state index contributed by atoms with van der Waals surface area (Å²) in [6.45, 7) is 0. The van der Waals surface area contributed by atoms with Gasteiger partial charge in [-0.05, 0) is 42.5 Å². The monoisotopic (exact) mass is 469 g/mol. The Kier molecular flexibility index (Phi) is 6.44. The largest absolute Gasteiger partial charge is 0.497 e. The lowest BCUT2D eigenvalue weighted by molar-refractivity contribution is -0.162. The smallest absolute Gasteiger partial charge is 0.233 e. The summed E-state index contributed by atoms with van der Waals surface area (Å²) in [7, 11) is 1.60. The number of benzene rings is 3. The summed E-state index contributed by atoms with van der Waals surface area (Å²) in [5.74, 6) is -0.126. The first-order valence-corrected chi connectivity index (χ1v) is 12.3. The molecule has 0 unspecified atom stereocenters. The van der Waals surface area contributed by atoms with Gasteiger partial charge >= 0.3 is 0 Å². The maximum atomic E-state index is 14.3. The van der Waals surface area contributed by atoms with Crippen molar-refractivity contribution in [3.05, 3.63) is 102 Å². The molecule has 0 saturated carbocycles. The maximum absolute atomic E-state index is 14.3. The van der Waals surface area contributed by atoms with Crippen LogP contribution in [0.1, 0.15) is 59.5 Å². The number of nitrogens with zero attached hydrogens (tertiary/aromatic N) is 1. The van der Waals surface area contributed by atoms with Gasteiger partial charge in [-0.15, -0.1) is 0 Å². The summed E-state index contributed by atoms with van der Waals surface area (Å²) in [5, 5.41) is 12.2. The average Bonchev–Trinajstić information content (AvgIpc) is 2.90. The van der Waals surface area contributed by atoms with Gasteiger partial charge in [-0.2, -0.15) is 0 Å². The lowest BCUT2D eigenvalue weighted by Crippen LogP contribution is -2.61. The SMILES string of the molecule is COc1ccc([C@H]2C(=O)N3[C@H](CCC[C@H]3CC(=O)c3ccccc3)C[C@]2(O)c2ccccc2)cc1. The fourth-order valence-electron chi connectivity index (χ4n) is 5.94. The van der Waals surface area contributed by atoms with Crippen LogP contribution in [0.15, 0.2) is 84.9 Å². The number of hydrogen-bond donors (Lipinski definition) is 1. The van der Waals surface area contributed by atoms with Crippen molar-refractivity contribution in [2.45, 2.75) is 55.7 Å². The van der Waals surface area contributed by atoms with Gasteiger partial charge in [0.25, 0.3) is 0 Å². The number of Topliss-reactive ketones (excluding diaryl/α,β-unsaturated/α-hetero) is 1. The van der Waals surface area contributed by atoms with E-state index in [0.29, 0.717) is 24.2 Å². The summed E-state index contributed by atoms with van der Waals surface area (Å²) >= 11 is 0. The molecule has 3 aromatic rings. The second-order valence-corrected chi connectivity index (χ2v) is 9.68. The van der Waals surface area contributed by atoms with Crippen LogP contribution in [0, 0.1) is 0 Å². The molecule has 3 aromatic carbocycles. The Balaban J connectivity index is 1.52. The van der Waals surface area contributed by atoms with E-state index in [1.165, 1.54) is 0 Å². The minimum atomic E-state index is -1.33. The van der Waals surface area contributed by atoms with Crippen LogP contribution in [0.3, 0.4) is 0 Å². The molecule has 1 amide bonds. The summed E-state index contributed by atoms with van der Waals surface area (Å²) in [6, 6.07) is 25.9. The van der Waals surface area contributed by atoms with Crippen molar-refractivity contribution in [2.75, 3.05) is 7.11 Å². The summed E-state index contributed by atoms with van der Waals surface area (Å²) in [5.41, 5.74) is 0.835. The highest BCUT2D eigenvalue weighted by Gasteiger charge is 2.54. The van der Waals surface area contributed by atoms with Gasteiger partial charge in [0, 0.05) is 30.5 Å². The molecule has 2 aliphatic rings. The standard InChI is InChI=1S/C30H31NO4/c1-35-26-17-15-22(16-18-26)28-29(33)31-24(19-27(32)21-9-4-2-5-10-21)13-8-14-25(31)20-30(28,34)23-11-6-3-7-12-23/h2-7,9-12,15-18,24-25,28,34H,8,13-14,19-20H2,1H3/t24-,25+,28-,30-/m0/s1. The number of carbonyl (C=O) groups excluding carboxylic acids is 2. The molecule has 0 aliphatic carbocycles. The van der Waals surface area contributed by atoms with Gasteiger partial charge in [-0.3, -0.25) is 9.59 Å². The summed E-state index contributed by atoms with van der Waals surface area (Å²) in [4.78, 5) is 29.2. The first kappa shape index (κ1) is 23.3. The molecular weight excluding hydrogens is 438 g/mol. The van der Waals surface area contributed by atoms with Crippen LogP contribution in [-0.4, -0.2) is 40.9 Å². The predicted molar refractivity (Wildman–Crippen MR) is 134 cm³/mol. The molecule has 1 N–H and O–H groups in total. The zero-order valence-electron chi connectivity index (χ0n) is 20.0. The Morgan fingerprint density at radius 3 is 2.29 bits per heavy atom. The van der Waals surface area contributed by atoms with Crippen LogP contribution in [0.25, 0.3) is 0 Å². The Hall–Kier alpha value is -3.44. The number of rotatable bonds is 6. The molecular formula is C30H31NO4. The number of aliphatic hydroxyl groups is 1. The van der Waals surface area contributed by atoms with Gasteiger partial charge in [0.15, 0.2) is 5.78 Å². The first-order valence-electron chi connectivity index (χ1n) is 12.3. The van der Waals surface area contributed by atoms with E-state index in [2.05, 4.69) is 0 Å². The maximum Gasteiger partial charge on any atom is 0.233 e. The Labute approximate surface area is 206 Å². The van der Waals surface area contributed by atoms with Crippen molar-refractivity contribution >= 4 is 11.7 Å². The summed E-state index contributed by atoms with van der Waals surface area (Å²) < 4.78 is 5.31. The van der Waals surface area contributed by atoms with Gasteiger partial charge in [-0.1, -0.05) is 72.8 Å². The second-order valence-electron chi connectivity index (χ2n) is 9.68. The van der Waals surface area contributed by atoms with E-state index < -0.39 is 11.5 Å². The van der Waals surface area contributed by atoms with Gasteiger partial charge in [0.2, 0.25) is 5.91 Å². The third-order valence-electron chi connectivity index (χ3n) is 7.63. The van der Waals surface area contributed by atoms with Crippen LogP contribution in [0.4, 0.5) is 0 Å². The van der Waals surface area contributed by atoms with Crippen molar-refractivity contribution in [2.24, 2.45) is 0 Å². The molecule has 2 heterocycles. The normalized spacial score (nSPS) is 26.2. The van der Waals surface area contributed by atoms with Gasteiger partial charge in [0.1, 0.15) is 11.4 Å². The molecule has 0 spiro atoms. The molecule has 0 radical (unpaired) electrons. The Morgan fingerprint density at radius 2 is 1.63 bits per heavy atom. The number of ketones is 1. The van der Waals surface area contributed by atoms with Crippen LogP contribution < -0.4 is 4.74 Å². The minimum Gasteiger partial charge on any atom is -0.497 e. The molecule has 35 heavy (non-hydrogen) atoms. The van der Waals surface area contributed by atoms with Crippen molar-refractivity contribution in [1.82, 2.24) is 4.90 Å². The Morgan fingerprint density at radius 1 is 0.971 bits per heavy atom. The third kappa shape index (κ3) is 4.37. The average molecular weight is 470 g/mol. The molecule has 2 fully saturated rings. The fraction of sp³-hybridized carbons (Fsp3) is 0.333. The molecule has 5 nitrogen and oxygen atoms in total. The van der Waals surface area contributed by atoms with Gasteiger partial charge in [-0.25, -0.2) is 0 Å². The van der Waals surface area contributed by atoms with E-state index >= 15 is 0 Å². The molecule has 2 aliphatic heterocycles. The van der Waals surface area contributed by atoms with Crippen LogP contribution in [-0.2, 0) is 10.4 Å². The van der Waals surface area contributed by atoms with Crippen molar-refractivity contribution in [1.29, 1.82) is 0 Å². The molecule has 0 aromatic heterocycles. The Bertz CT molecular complexity index is 1180. The fourth-order valence-corrected chi connectivity index (χ4v) is 5.94. The van der Waals surface area contributed by atoms with Crippen LogP contribution >= 0.6 is 0 Å². The van der Waals surface area contributed by atoms with E-state index in [1.807, 2.05) is 89.8 Å². The zero-order valence-corrected chi connectivity index (χ0v) is 20.0. The number of carbonyl (C=O) groups is 2. The number of ether oxygens (including phenoxy) is 1. The lowest BCUT2D eigenvalue weighted by atomic mass is 9.67. The molecule has 2 saturated heterocycles.